The molecule has 15 heteroatoms. The molecule has 0 radical (unpaired) electrons. The highest BCUT2D eigenvalue weighted by Gasteiger charge is 2.76. The highest BCUT2D eigenvalue weighted by atomic mass is 16.8. The monoisotopic (exact) mass is 917 g/mol. The van der Waals surface area contributed by atoms with Gasteiger partial charge in [-0.3, -0.25) is 28.8 Å². The van der Waals surface area contributed by atoms with E-state index < -0.39 is 89.7 Å². The molecule has 8 atom stereocenters. The van der Waals surface area contributed by atoms with Crippen LogP contribution in [0.25, 0.3) is 6.08 Å². The van der Waals surface area contributed by atoms with Gasteiger partial charge in [0.05, 0.1) is 19.2 Å². The van der Waals surface area contributed by atoms with E-state index in [4.69, 9.17) is 23.8 Å². The van der Waals surface area contributed by atoms with Gasteiger partial charge in [0.1, 0.15) is 41.5 Å². The van der Waals surface area contributed by atoms with Gasteiger partial charge in [-0.1, -0.05) is 94.1 Å². The lowest BCUT2D eigenvalue weighted by Crippen LogP contribution is -2.70. The fraction of sp³-hybridized carbons (Fsp3) is 0.627. The van der Waals surface area contributed by atoms with Crippen molar-refractivity contribution in [1.29, 1.82) is 0 Å². The highest BCUT2D eigenvalue weighted by molar-refractivity contribution is 5.96. The van der Waals surface area contributed by atoms with Crippen LogP contribution >= 0.6 is 0 Å². The number of ether oxygens (including phenoxy) is 4. The van der Waals surface area contributed by atoms with Crippen LogP contribution in [0.15, 0.2) is 60.7 Å². The Hall–Kier alpha value is -4.67. The lowest BCUT2D eigenvalue weighted by Gasteiger charge is -2.50. The number of amides is 3. The minimum absolute atomic E-state index is 0.0437. The van der Waals surface area contributed by atoms with E-state index in [1.807, 2.05) is 54.6 Å². The summed E-state index contributed by atoms with van der Waals surface area (Å²) >= 11 is 0. The molecule has 1 aliphatic carbocycles. The van der Waals surface area contributed by atoms with Crippen LogP contribution in [0.2, 0.25) is 0 Å². The van der Waals surface area contributed by atoms with Crippen LogP contribution < -0.4 is 5.32 Å². The average Bonchev–Trinajstić information content (AvgIpc) is 3.84. The number of nitrogens with zero attached hydrogens (tertiary/aromatic N) is 3. The Balaban J connectivity index is 1.39. The molecular weight excluding hydrogens is 845 g/mol. The lowest BCUT2D eigenvalue weighted by atomic mass is 9.62. The maximum absolute atomic E-state index is 15.9. The molecule has 0 aromatic heterocycles. The number of hydrogen-bond acceptors (Lipinski definition) is 12. The summed E-state index contributed by atoms with van der Waals surface area (Å²) in [5, 5.41) is 14.9. The fourth-order valence-electron chi connectivity index (χ4n) is 9.90. The summed E-state index contributed by atoms with van der Waals surface area (Å²) in [6, 6.07) is 13.6. The van der Waals surface area contributed by atoms with Gasteiger partial charge in [0.25, 0.3) is 0 Å². The minimum Gasteiger partial charge on any atom is -0.460 e. The number of unbranched alkanes of at least 4 members (excludes halogenated alkanes) is 4. The number of esters is 2. The Labute approximate surface area is 390 Å². The number of aliphatic hydroxyl groups excluding tert-OH is 1. The normalized spacial score (nSPS) is 25.2. The van der Waals surface area contributed by atoms with Crippen LogP contribution in [0.1, 0.15) is 122 Å². The first kappa shape index (κ1) is 50.7. The molecule has 2 aromatic carbocycles. The standard InChI is InChI=1S/C51H72N4O11/c1-9-11-18-28-50(29-19-12-10-2)64-42-39-31-51(44(47(60)62-39)55(66-45(51)43(42)65-50)32-36-23-17-16-22-35(36)24-26-40(57)53(6)7)48(61)54(8)38(30-34-20-14-13-15-21-34)46(59)52-37(33-56)25-27-41(58)63-49(3,4)5/h13-17,20-24,26,37-39,42-45,56H,9-12,18-19,25,27-33H2,1-8H3,(H,52,59)/t37-,38+,39?,42-,43-,44-,45+,51?/m0/s1. The Kier molecular flexibility index (Phi) is 16.9. The third-order valence-corrected chi connectivity index (χ3v) is 13.2. The molecule has 2 bridgehead atoms. The molecule has 3 saturated heterocycles. The maximum Gasteiger partial charge on any atom is 0.327 e. The van der Waals surface area contributed by atoms with Crippen molar-refractivity contribution in [3.8, 4) is 0 Å². The number of benzene rings is 2. The summed E-state index contributed by atoms with van der Waals surface area (Å²) in [5.41, 5.74) is -0.0467. The van der Waals surface area contributed by atoms with Crippen LogP contribution in [0, 0.1) is 5.41 Å². The SMILES string of the molecule is CCCCCC1(CCCCC)O[C@@H]2[C@H]3ON(Cc4ccccc4C=CC(=O)N(C)C)[C@H]4C(=O)OC(CC34C(=O)N(C)[C@H](Cc3ccccc3)C(=O)N[C@H](CO)CCC(=O)OC(C)(C)C)[C@@H]2O1. The molecule has 362 valence electrons. The summed E-state index contributed by atoms with van der Waals surface area (Å²) in [4.78, 5) is 80.3. The summed E-state index contributed by atoms with van der Waals surface area (Å²) in [6.45, 7) is 9.19. The van der Waals surface area contributed by atoms with E-state index in [0.717, 1.165) is 55.2 Å². The zero-order valence-corrected chi connectivity index (χ0v) is 40.2. The number of hydroxylamine groups is 2. The second-order valence-electron chi connectivity index (χ2n) is 19.6. The summed E-state index contributed by atoms with van der Waals surface area (Å²) in [6.07, 6.45) is 7.03. The molecule has 3 heterocycles. The van der Waals surface area contributed by atoms with Gasteiger partial charge < -0.3 is 39.2 Å². The number of nitrogens with one attached hydrogen (secondary N) is 1. The van der Waals surface area contributed by atoms with E-state index in [0.29, 0.717) is 12.8 Å². The number of fused-ring (bicyclic) bond motifs is 4. The van der Waals surface area contributed by atoms with E-state index in [9.17, 15) is 24.3 Å². The third-order valence-electron chi connectivity index (χ3n) is 13.2. The van der Waals surface area contributed by atoms with Crippen LogP contribution in [0.4, 0.5) is 0 Å². The Bertz CT molecular complexity index is 2030. The predicted molar refractivity (Wildman–Crippen MR) is 247 cm³/mol. The largest absolute Gasteiger partial charge is 0.460 e. The first-order valence-electron chi connectivity index (χ1n) is 23.9. The second-order valence-corrected chi connectivity index (χ2v) is 19.6. The lowest BCUT2D eigenvalue weighted by molar-refractivity contribution is -0.225. The van der Waals surface area contributed by atoms with E-state index in [2.05, 4.69) is 19.2 Å². The third kappa shape index (κ3) is 11.5. The molecular formula is C51H72N4O11. The Morgan fingerprint density at radius 3 is 2.23 bits per heavy atom. The zero-order valence-electron chi connectivity index (χ0n) is 40.2. The van der Waals surface area contributed by atoms with Gasteiger partial charge in [0, 0.05) is 59.3 Å². The quantitative estimate of drug-likeness (QED) is 0.0816. The fourth-order valence-corrected chi connectivity index (χ4v) is 9.90. The molecule has 1 saturated carbocycles. The van der Waals surface area contributed by atoms with Crippen molar-refractivity contribution in [1.82, 2.24) is 20.2 Å². The van der Waals surface area contributed by atoms with Crippen molar-refractivity contribution < 1.29 is 52.9 Å². The molecule has 2 aromatic rings. The van der Waals surface area contributed by atoms with Crippen molar-refractivity contribution in [3.05, 3.63) is 77.4 Å². The Morgan fingerprint density at radius 2 is 1.59 bits per heavy atom. The van der Waals surface area contributed by atoms with Gasteiger partial charge in [0.15, 0.2) is 11.8 Å². The number of aliphatic hydroxyl groups is 1. The van der Waals surface area contributed by atoms with E-state index in [1.54, 1.807) is 48.0 Å². The molecule has 0 spiro atoms. The van der Waals surface area contributed by atoms with Crippen molar-refractivity contribution in [3.63, 3.8) is 0 Å². The first-order chi connectivity index (χ1) is 31.5. The number of carbonyl (C=O) groups is 5. The zero-order chi connectivity index (χ0) is 47.8. The van der Waals surface area contributed by atoms with Gasteiger partial charge >= 0.3 is 11.9 Å². The molecule has 6 rings (SSSR count). The molecule has 3 amide bonds. The Morgan fingerprint density at radius 1 is 0.939 bits per heavy atom. The molecule has 3 aliphatic heterocycles. The summed E-state index contributed by atoms with van der Waals surface area (Å²) in [5.74, 6) is -3.31. The van der Waals surface area contributed by atoms with Crippen LogP contribution in [0.3, 0.4) is 0 Å². The smallest absolute Gasteiger partial charge is 0.327 e. The molecule has 2 N–H and O–H groups in total. The molecule has 4 aliphatic rings. The first-order valence-corrected chi connectivity index (χ1v) is 23.9. The van der Waals surface area contributed by atoms with Gasteiger partial charge in [0.2, 0.25) is 17.7 Å². The molecule has 4 fully saturated rings. The maximum atomic E-state index is 15.9. The van der Waals surface area contributed by atoms with E-state index in [1.165, 1.54) is 20.9 Å². The molecule has 15 nitrogen and oxygen atoms in total. The van der Waals surface area contributed by atoms with Crippen LogP contribution in [-0.4, -0.2) is 131 Å². The molecule has 2 unspecified atom stereocenters. The van der Waals surface area contributed by atoms with Crippen molar-refractivity contribution in [2.24, 2.45) is 5.41 Å². The van der Waals surface area contributed by atoms with Crippen molar-refractivity contribution in [2.75, 3.05) is 27.7 Å². The van der Waals surface area contributed by atoms with Crippen LogP contribution in [-0.2, 0) is 60.7 Å². The van der Waals surface area contributed by atoms with Gasteiger partial charge in [-0.15, -0.1) is 0 Å². The second kappa shape index (κ2) is 22.0. The minimum atomic E-state index is -1.59. The number of rotatable bonds is 22. The predicted octanol–water partition coefficient (Wildman–Crippen LogP) is 5.90. The van der Waals surface area contributed by atoms with Gasteiger partial charge in [-0.2, -0.15) is 5.06 Å². The van der Waals surface area contributed by atoms with E-state index in [-0.39, 0.29) is 38.1 Å². The van der Waals surface area contributed by atoms with E-state index >= 15 is 4.79 Å². The number of likely N-dealkylation sites (N-methyl/N-ethyl adjacent to an activating group) is 2. The summed E-state index contributed by atoms with van der Waals surface area (Å²) in [7, 11) is 4.91. The molecule has 66 heavy (non-hydrogen) atoms. The summed E-state index contributed by atoms with van der Waals surface area (Å²) < 4.78 is 25.9. The number of carbonyl (C=O) groups excluding carboxylic acids is 5. The average molecular weight is 917 g/mol. The topological polar surface area (TPSA) is 173 Å². The number of hydrogen-bond donors (Lipinski definition) is 2. The van der Waals surface area contributed by atoms with Crippen molar-refractivity contribution in [2.45, 2.75) is 172 Å². The van der Waals surface area contributed by atoms with Gasteiger partial charge in [-0.25, -0.2) is 0 Å². The van der Waals surface area contributed by atoms with Crippen molar-refractivity contribution >= 4 is 35.7 Å². The van der Waals surface area contributed by atoms with Crippen LogP contribution in [0.5, 0.6) is 0 Å². The highest BCUT2D eigenvalue weighted by Crippen LogP contribution is 2.58. The van der Waals surface area contributed by atoms with Gasteiger partial charge in [-0.05, 0) is 62.8 Å².